The maximum Gasteiger partial charge on any atom is 0.261 e. The average molecular weight is 520 g/mol. The van der Waals surface area contributed by atoms with E-state index in [2.05, 4.69) is 10.3 Å². The van der Waals surface area contributed by atoms with Crippen molar-refractivity contribution in [3.05, 3.63) is 87.6 Å². The number of amides is 1. The number of carbonyl (C=O) groups excluding carboxylic acids is 1. The minimum atomic E-state index is -0.530. The van der Waals surface area contributed by atoms with Crippen LogP contribution >= 0.6 is 11.6 Å². The van der Waals surface area contributed by atoms with Gasteiger partial charge in [0.2, 0.25) is 5.91 Å². The number of anilines is 1. The summed E-state index contributed by atoms with van der Waals surface area (Å²) in [7, 11) is 1.60. The molecule has 1 aliphatic rings. The van der Waals surface area contributed by atoms with Crippen molar-refractivity contribution in [2.75, 3.05) is 12.4 Å². The van der Waals surface area contributed by atoms with Gasteiger partial charge in [0, 0.05) is 23.4 Å². The Morgan fingerprint density at radius 2 is 1.86 bits per heavy atom. The molecule has 5 rings (SSSR count). The fraction of sp³-hybridized carbons (Fsp3) is 0.276. The number of carbonyl (C=O) groups is 1. The van der Waals surface area contributed by atoms with Crippen molar-refractivity contribution < 1.29 is 13.9 Å². The van der Waals surface area contributed by atoms with E-state index < -0.39 is 5.82 Å². The van der Waals surface area contributed by atoms with Crippen LogP contribution in [0.2, 0.25) is 5.02 Å². The van der Waals surface area contributed by atoms with Gasteiger partial charge in [-0.25, -0.2) is 9.37 Å². The largest absolute Gasteiger partial charge is 0.497 e. The molecule has 2 heterocycles. The number of methoxy groups -OCH3 is 1. The lowest BCUT2D eigenvalue weighted by molar-refractivity contribution is -0.120. The normalized spacial score (nSPS) is 14.0. The molecular weight excluding hydrogens is 493 g/mol. The molecule has 6 nitrogen and oxygen atoms in total. The summed E-state index contributed by atoms with van der Waals surface area (Å²) in [4.78, 5) is 30.2. The third kappa shape index (κ3) is 5.37. The summed E-state index contributed by atoms with van der Waals surface area (Å²) in [6.45, 7) is 0.361. The van der Waals surface area contributed by atoms with Gasteiger partial charge >= 0.3 is 0 Å². The van der Waals surface area contributed by atoms with Gasteiger partial charge in [-0.05, 0) is 60.9 Å². The lowest BCUT2D eigenvalue weighted by atomic mass is 9.88. The van der Waals surface area contributed by atoms with Crippen LogP contribution in [0.3, 0.4) is 0 Å². The zero-order valence-corrected chi connectivity index (χ0v) is 21.2. The highest BCUT2D eigenvalue weighted by Crippen LogP contribution is 2.30. The number of halogens is 2. The molecule has 2 aromatic heterocycles. The van der Waals surface area contributed by atoms with Crippen LogP contribution in [0.4, 0.5) is 10.1 Å². The second kappa shape index (κ2) is 10.7. The second-order valence-corrected chi connectivity index (χ2v) is 9.77. The quantitative estimate of drug-likeness (QED) is 0.318. The van der Waals surface area contributed by atoms with Crippen molar-refractivity contribution in [3.63, 3.8) is 0 Å². The third-order valence-corrected chi connectivity index (χ3v) is 7.18. The lowest BCUT2D eigenvalue weighted by Gasteiger charge is -2.20. The Balaban J connectivity index is 1.40. The molecule has 1 amide bonds. The number of hydrogen-bond acceptors (Lipinski definition) is 4. The molecule has 37 heavy (non-hydrogen) atoms. The molecule has 0 saturated heterocycles. The first kappa shape index (κ1) is 25.0. The molecule has 0 atom stereocenters. The molecule has 190 valence electrons. The number of hydrogen-bond donors (Lipinski definition) is 1. The predicted octanol–water partition coefficient (Wildman–Crippen LogP) is 6.43. The fourth-order valence-corrected chi connectivity index (χ4v) is 5.12. The minimum absolute atomic E-state index is 0.0220. The average Bonchev–Trinajstić information content (AvgIpc) is 2.91. The first-order valence-corrected chi connectivity index (χ1v) is 12.7. The van der Waals surface area contributed by atoms with Gasteiger partial charge in [-0.2, -0.15) is 0 Å². The SMILES string of the molecule is COc1ccc(Cn2ccc3nc(-c4ccc(NC(=O)C5CCCCC5)cc4F)cc(Cl)c3c2=O)cc1. The monoisotopic (exact) mass is 519 g/mol. The summed E-state index contributed by atoms with van der Waals surface area (Å²) in [5.41, 5.74) is 1.99. The van der Waals surface area contributed by atoms with Crippen LogP contribution in [0.1, 0.15) is 37.7 Å². The Morgan fingerprint density at radius 1 is 1.11 bits per heavy atom. The number of rotatable bonds is 6. The molecule has 0 unspecified atom stereocenters. The van der Waals surface area contributed by atoms with E-state index >= 15 is 4.39 Å². The van der Waals surface area contributed by atoms with Gasteiger partial charge in [-0.1, -0.05) is 43.0 Å². The van der Waals surface area contributed by atoms with Crippen LogP contribution in [0.5, 0.6) is 5.75 Å². The van der Waals surface area contributed by atoms with Crippen LogP contribution in [0.15, 0.2) is 65.6 Å². The molecule has 1 N–H and O–H groups in total. The summed E-state index contributed by atoms with van der Waals surface area (Å²) in [6, 6.07) is 15.2. The molecule has 1 aliphatic carbocycles. The van der Waals surface area contributed by atoms with Crippen molar-refractivity contribution in [1.82, 2.24) is 9.55 Å². The molecule has 1 fully saturated rings. The molecule has 2 aromatic carbocycles. The fourth-order valence-electron chi connectivity index (χ4n) is 4.84. The first-order chi connectivity index (χ1) is 17.9. The molecule has 0 spiro atoms. The topological polar surface area (TPSA) is 73.2 Å². The molecule has 8 heteroatoms. The van der Waals surface area contributed by atoms with Crippen molar-refractivity contribution >= 4 is 34.1 Å². The number of fused-ring (bicyclic) bond motifs is 1. The van der Waals surface area contributed by atoms with E-state index in [1.807, 2.05) is 24.3 Å². The molecule has 0 radical (unpaired) electrons. The van der Waals surface area contributed by atoms with E-state index in [-0.39, 0.29) is 33.4 Å². The Hall–Kier alpha value is -3.71. The molecule has 4 aromatic rings. The van der Waals surface area contributed by atoms with Gasteiger partial charge in [0.15, 0.2) is 0 Å². The van der Waals surface area contributed by atoms with E-state index in [0.717, 1.165) is 43.4 Å². The first-order valence-electron chi connectivity index (χ1n) is 12.4. The van der Waals surface area contributed by atoms with Crippen molar-refractivity contribution in [3.8, 4) is 17.0 Å². The zero-order valence-electron chi connectivity index (χ0n) is 20.5. The second-order valence-electron chi connectivity index (χ2n) is 9.37. The number of pyridine rings is 2. The maximum absolute atomic E-state index is 15.1. The molecule has 1 saturated carbocycles. The molecule has 0 aliphatic heterocycles. The highest BCUT2D eigenvalue weighted by Gasteiger charge is 2.21. The Labute approximate surface area is 219 Å². The predicted molar refractivity (Wildman–Crippen MR) is 144 cm³/mol. The summed E-state index contributed by atoms with van der Waals surface area (Å²) in [6.07, 6.45) is 6.65. The number of aromatic nitrogens is 2. The van der Waals surface area contributed by atoms with Crippen LogP contribution in [0, 0.1) is 11.7 Å². The van der Waals surface area contributed by atoms with Gasteiger partial charge in [0.25, 0.3) is 5.56 Å². The van der Waals surface area contributed by atoms with Gasteiger partial charge in [0.1, 0.15) is 11.6 Å². The molecular formula is C29H27ClFN3O3. The summed E-state index contributed by atoms with van der Waals surface area (Å²) in [5, 5.41) is 3.31. The van der Waals surface area contributed by atoms with Crippen LogP contribution in [0.25, 0.3) is 22.2 Å². The summed E-state index contributed by atoms with van der Waals surface area (Å²) < 4.78 is 21.8. The lowest BCUT2D eigenvalue weighted by Crippen LogP contribution is -2.24. The maximum atomic E-state index is 15.1. The van der Waals surface area contributed by atoms with Crippen molar-refractivity contribution in [1.29, 1.82) is 0 Å². The highest BCUT2D eigenvalue weighted by molar-refractivity contribution is 6.35. The van der Waals surface area contributed by atoms with E-state index in [9.17, 15) is 9.59 Å². The van der Waals surface area contributed by atoms with Gasteiger partial charge in [-0.15, -0.1) is 0 Å². The minimum Gasteiger partial charge on any atom is -0.497 e. The van der Waals surface area contributed by atoms with Crippen LogP contribution in [-0.2, 0) is 11.3 Å². The van der Waals surface area contributed by atoms with Crippen LogP contribution < -0.4 is 15.6 Å². The van der Waals surface area contributed by atoms with Crippen molar-refractivity contribution in [2.45, 2.75) is 38.6 Å². The number of nitrogens with one attached hydrogen (secondary N) is 1. The number of benzene rings is 2. The van der Waals surface area contributed by atoms with E-state index in [1.165, 1.54) is 12.1 Å². The van der Waals surface area contributed by atoms with E-state index in [0.29, 0.717) is 23.4 Å². The molecule has 0 bridgehead atoms. The van der Waals surface area contributed by atoms with E-state index in [1.54, 1.807) is 36.1 Å². The van der Waals surface area contributed by atoms with Crippen molar-refractivity contribution in [2.24, 2.45) is 5.92 Å². The van der Waals surface area contributed by atoms with Gasteiger partial charge in [-0.3, -0.25) is 9.59 Å². The van der Waals surface area contributed by atoms with Gasteiger partial charge in [0.05, 0.1) is 35.3 Å². The number of ether oxygens (including phenoxy) is 1. The smallest absolute Gasteiger partial charge is 0.261 e. The number of nitrogens with zero attached hydrogens (tertiary/aromatic N) is 2. The zero-order chi connectivity index (χ0) is 25.9. The van der Waals surface area contributed by atoms with E-state index in [4.69, 9.17) is 16.3 Å². The van der Waals surface area contributed by atoms with Crippen LogP contribution in [-0.4, -0.2) is 22.6 Å². The Kier molecular flexibility index (Phi) is 7.24. The van der Waals surface area contributed by atoms with Gasteiger partial charge < -0.3 is 14.6 Å². The Morgan fingerprint density at radius 3 is 2.57 bits per heavy atom. The third-order valence-electron chi connectivity index (χ3n) is 6.89. The Bertz CT molecular complexity index is 1510. The summed E-state index contributed by atoms with van der Waals surface area (Å²) >= 11 is 6.52. The standard InChI is InChI=1S/C29H27ClFN3O3/c1-37-21-10-7-18(8-11-21)17-34-14-13-25-27(29(34)36)23(30)16-26(33-25)22-12-9-20(15-24(22)31)32-28(35)19-5-3-2-4-6-19/h7-16,19H,2-6,17H2,1H3,(H,32,35). The highest BCUT2D eigenvalue weighted by atomic mass is 35.5. The summed E-state index contributed by atoms with van der Waals surface area (Å²) in [5.74, 6) is 0.120.